The van der Waals surface area contributed by atoms with E-state index in [1.807, 2.05) is 0 Å². The first kappa shape index (κ1) is 23.1. The summed E-state index contributed by atoms with van der Waals surface area (Å²) in [5.41, 5.74) is 0.807. The third kappa shape index (κ3) is 6.73. The zero-order valence-electron chi connectivity index (χ0n) is 17.3. The maximum absolute atomic E-state index is 12.0. The van der Waals surface area contributed by atoms with Crippen molar-refractivity contribution in [3.8, 4) is 5.75 Å². The third-order valence-corrected chi connectivity index (χ3v) is 4.28. The summed E-state index contributed by atoms with van der Waals surface area (Å²) in [5.74, 6) is -1.76. The first-order valence-electron chi connectivity index (χ1n) is 9.27. The number of hydrogen-bond acceptors (Lipinski definition) is 10. The van der Waals surface area contributed by atoms with Crippen molar-refractivity contribution in [1.82, 2.24) is 5.06 Å². The Labute approximate surface area is 173 Å². The van der Waals surface area contributed by atoms with E-state index in [2.05, 4.69) is 0 Å². The van der Waals surface area contributed by atoms with Gasteiger partial charge in [-0.15, -0.1) is 5.06 Å². The van der Waals surface area contributed by atoms with Gasteiger partial charge in [0, 0.05) is 20.8 Å². The van der Waals surface area contributed by atoms with Crippen LogP contribution < -0.4 is 4.74 Å². The van der Waals surface area contributed by atoms with Crippen LogP contribution in [0.2, 0.25) is 0 Å². The van der Waals surface area contributed by atoms with Crippen LogP contribution in [0.25, 0.3) is 0 Å². The summed E-state index contributed by atoms with van der Waals surface area (Å²) in [7, 11) is 1.55. The summed E-state index contributed by atoms with van der Waals surface area (Å²) < 4.78 is 20.7. The van der Waals surface area contributed by atoms with Gasteiger partial charge in [0.25, 0.3) is 0 Å². The molecule has 3 atom stereocenters. The molecule has 1 aromatic rings. The summed E-state index contributed by atoms with van der Waals surface area (Å²) in [4.78, 5) is 51.9. The minimum absolute atomic E-state index is 0.105. The van der Waals surface area contributed by atoms with Gasteiger partial charge in [-0.3, -0.25) is 19.2 Å². The molecular formula is C20H25NO9. The molecule has 10 nitrogen and oxygen atoms in total. The van der Waals surface area contributed by atoms with Gasteiger partial charge in [0.2, 0.25) is 0 Å². The maximum Gasteiger partial charge on any atom is 0.326 e. The van der Waals surface area contributed by atoms with Crippen LogP contribution in [0.5, 0.6) is 5.75 Å². The Morgan fingerprint density at radius 3 is 2.23 bits per heavy atom. The molecule has 0 radical (unpaired) electrons. The van der Waals surface area contributed by atoms with Gasteiger partial charge < -0.3 is 23.8 Å². The lowest BCUT2D eigenvalue weighted by molar-refractivity contribution is -0.201. The lowest BCUT2D eigenvalue weighted by atomic mass is 10.0. The van der Waals surface area contributed by atoms with Crippen LogP contribution in [0.1, 0.15) is 32.8 Å². The van der Waals surface area contributed by atoms with Crippen LogP contribution in [-0.2, 0) is 44.8 Å². The number of hydroxylamine groups is 2. The Hall–Kier alpha value is -3.14. The molecule has 0 spiro atoms. The van der Waals surface area contributed by atoms with Gasteiger partial charge in [0.15, 0.2) is 12.2 Å². The van der Waals surface area contributed by atoms with Crippen molar-refractivity contribution in [1.29, 1.82) is 0 Å². The van der Waals surface area contributed by atoms with Gasteiger partial charge in [-0.05, 0) is 17.7 Å². The van der Waals surface area contributed by atoms with Gasteiger partial charge in [-0.1, -0.05) is 12.1 Å². The van der Waals surface area contributed by atoms with Crippen LogP contribution in [0.15, 0.2) is 24.3 Å². The van der Waals surface area contributed by atoms with Crippen molar-refractivity contribution in [3.63, 3.8) is 0 Å². The van der Waals surface area contributed by atoms with Crippen LogP contribution in [-0.4, -0.2) is 60.9 Å². The zero-order valence-corrected chi connectivity index (χ0v) is 17.3. The van der Waals surface area contributed by atoms with E-state index in [1.54, 1.807) is 31.4 Å². The number of rotatable bonds is 9. The average Bonchev–Trinajstić information content (AvgIpc) is 3.03. The van der Waals surface area contributed by atoms with Crippen molar-refractivity contribution < 1.29 is 43.0 Å². The molecule has 0 unspecified atom stereocenters. The Bertz CT molecular complexity index is 777. The van der Waals surface area contributed by atoms with Crippen LogP contribution in [0.4, 0.5) is 0 Å². The molecule has 2 rings (SSSR count). The zero-order chi connectivity index (χ0) is 22.3. The highest BCUT2D eigenvalue weighted by molar-refractivity contribution is 5.72. The van der Waals surface area contributed by atoms with E-state index in [4.69, 9.17) is 23.8 Å². The highest BCUT2D eigenvalue weighted by Crippen LogP contribution is 2.27. The van der Waals surface area contributed by atoms with Crippen molar-refractivity contribution >= 4 is 23.9 Å². The van der Waals surface area contributed by atoms with E-state index < -0.39 is 42.1 Å². The van der Waals surface area contributed by atoms with E-state index in [9.17, 15) is 19.2 Å². The summed E-state index contributed by atoms with van der Waals surface area (Å²) in [6.07, 6.45) is -2.32. The molecule has 1 aromatic carbocycles. The first-order valence-corrected chi connectivity index (χ1v) is 9.27. The molecular weight excluding hydrogens is 398 g/mol. The van der Waals surface area contributed by atoms with Crippen LogP contribution >= 0.6 is 0 Å². The van der Waals surface area contributed by atoms with Gasteiger partial charge in [-0.25, -0.2) is 0 Å². The number of carbonyl (C=O) groups is 4. The molecule has 30 heavy (non-hydrogen) atoms. The van der Waals surface area contributed by atoms with E-state index in [1.165, 1.54) is 25.8 Å². The highest BCUT2D eigenvalue weighted by Gasteiger charge is 2.45. The fourth-order valence-electron chi connectivity index (χ4n) is 3.05. The van der Waals surface area contributed by atoms with E-state index >= 15 is 0 Å². The molecule has 1 aliphatic rings. The Morgan fingerprint density at radius 2 is 1.70 bits per heavy atom. The molecule has 1 saturated heterocycles. The second-order valence-electron chi connectivity index (χ2n) is 6.68. The molecule has 0 bridgehead atoms. The minimum Gasteiger partial charge on any atom is -0.497 e. The second kappa shape index (κ2) is 10.6. The first-order chi connectivity index (χ1) is 14.2. The summed E-state index contributed by atoms with van der Waals surface area (Å²) in [6.45, 7) is 3.42. The number of esters is 3. The number of nitrogens with zero attached hydrogens (tertiary/aromatic N) is 1. The van der Waals surface area contributed by atoms with Gasteiger partial charge in [0.1, 0.15) is 12.4 Å². The predicted octanol–water partition coefficient (Wildman–Crippen LogP) is 1.15. The van der Waals surface area contributed by atoms with E-state index in [0.717, 1.165) is 5.56 Å². The Morgan fingerprint density at radius 1 is 1.07 bits per heavy atom. The molecule has 0 amide bonds. The number of ether oxygens (including phenoxy) is 4. The summed E-state index contributed by atoms with van der Waals surface area (Å²) in [5, 5.41) is 1.36. The third-order valence-electron chi connectivity index (χ3n) is 4.28. The number of benzene rings is 1. The Balaban J connectivity index is 2.27. The number of carbonyl (C=O) groups excluding carboxylic acids is 4. The molecule has 1 fully saturated rings. The van der Waals surface area contributed by atoms with E-state index in [-0.39, 0.29) is 19.6 Å². The predicted molar refractivity (Wildman–Crippen MR) is 101 cm³/mol. The molecule has 0 saturated carbocycles. The van der Waals surface area contributed by atoms with Crippen molar-refractivity contribution in [3.05, 3.63) is 29.8 Å². The van der Waals surface area contributed by atoms with Crippen molar-refractivity contribution in [2.24, 2.45) is 0 Å². The maximum atomic E-state index is 12.0. The quantitative estimate of drug-likeness (QED) is 0.423. The average molecular weight is 423 g/mol. The topological polar surface area (TPSA) is 118 Å². The van der Waals surface area contributed by atoms with E-state index in [0.29, 0.717) is 5.75 Å². The Kier molecular flexibility index (Phi) is 8.16. The van der Waals surface area contributed by atoms with Crippen LogP contribution in [0.3, 0.4) is 0 Å². The number of hydrogen-bond donors (Lipinski definition) is 0. The normalized spacial score (nSPS) is 18.1. The smallest absolute Gasteiger partial charge is 0.326 e. The monoisotopic (exact) mass is 423 g/mol. The van der Waals surface area contributed by atoms with Crippen molar-refractivity contribution in [2.75, 3.05) is 13.7 Å². The molecule has 0 aromatic heterocycles. The largest absolute Gasteiger partial charge is 0.497 e. The summed E-state index contributed by atoms with van der Waals surface area (Å²) in [6, 6.07) is 6.35. The SMILES string of the molecule is COc1ccc(CN2OC(=O)C[C@H]2[C@H](OC(C)=O)[C@@H](COC(C)=O)OC(C)=O)cc1. The summed E-state index contributed by atoms with van der Waals surface area (Å²) >= 11 is 0. The van der Waals surface area contributed by atoms with Crippen molar-refractivity contribution in [2.45, 2.75) is 52.0 Å². The fourth-order valence-corrected chi connectivity index (χ4v) is 3.05. The highest BCUT2D eigenvalue weighted by atomic mass is 16.7. The molecule has 10 heteroatoms. The minimum atomic E-state index is -1.12. The lowest BCUT2D eigenvalue weighted by Crippen LogP contribution is -2.50. The van der Waals surface area contributed by atoms with Gasteiger partial charge in [0.05, 0.1) is 26.1 Å². The second-order valence-corrected chi connectivity index (χ2v) is 6.68. The molecule has 0 aliphatic carbocycles. The van der Waals surface area contributed by atoms with Crippen LogP contribution in [0, 0.1) is 0 Å². The fraction of sp³-hybridized carbons (Fsp3) is 0.500. The standard InChI is InChI=1S/C20H25NO9/c1-12(22)27-11-18(28-13(2)23)20(29-14(3)24)17-9-19(25)30-21(17)10-15-5-7-16(26-4)8-6-15/h5-8,17-18,20H,9-11H2,1-4H3/t17-,18+,20-/m0/s1. The molecule has 0 N–H and O–H groups in total. The lowest BCUT2D eigenvalue weighted by Gasteiger charge is -2.32. The number of methoxy groups -OCH3 is 1. The van der Waals surface area contributed by atoms with Gasteiger partial charge in [-0.2, -0.15) is 0 Å². The molecule has 1 aliphatic heterocycles. The molecule has 164 valence electrons. The molecule has 1 heterocycles. The van der Waals surface area contributed by atoms with Gasteiger partial charge >= 0.3 is 23.9 Å².